The van der Waals surface area contributed by atoms with Gasteiger partial charge in [-0.25, -0.2) is 0 Å². The molecular formula is C26H24N2O3. The van der Waals surface area contributed by atoms with Gasteiger partial charge in [-0.05, 0) is 35.9 Å². The smallest absolute Gasteiger partial charge is 0.259 e. The number of carbonyl (C=O) groups is 2. The minimum atomic E-state index is -0.433. The Balaban J connectivity index is 1.62. The van der Waals surface area contributed by atoms with Gasteiger partial charge < -0.3 is 15.0 Å². The van der Waals surface area contributed by atoms with Crippen LogP contribution in [0.2, 0.25) is 0 Å². The van der Waals surface area contributed by atoms with Gasteiger partial charge in [-0.3, -0.25) is 9.59 Å². The molecule has 1 amide bonds. The summed E-state index contributed by atoms with van der Waals surface area (Å²) in [6.45, 7) is 3.15. The van der Waals surface area contributed by atoms with Crippen LogP contribution in [-0.4, -0.2) is 38.0 Å². The van der Waals surface area contributed by atoms with Crippen molar-refractivity contribution in [1.29, 1.82) is 0 Å². The van der Waals surface area contributed by atoms with E-state index in [1.165, 1.54) is 0 Å². The van der Waals surface area contributed by atoms with Gasteiger partial charge in [-0.15, -0.1) is 0 Å². The summed E-state index contributed by atoms with van der Waals surface area (Å²) in [6.07, 6.45) is 1.65. The molecule has 4 rings (SSSR count). The van der Waals surface area contributed by atoms with E-state index in [1.807, 2.05) is 48.5 Å². The van der Waals surface area contributed by atoms with Crippen LogP contribution in [0.15, 0.2) is 90.5 Å². The lowest BCUT2D eigenvalue weighted by Crippen LogP contribution is -2.36. The number of Topliss-reactive ketones (excluding diaryl/α,β-unsaturated/α-hetero) is 1. The first kappa shape index (κ1) is 20.6. The Hall–Kier alpha value is -3.70. The van der Waals surface area contributed by atoms with Gasteiger partial charge in [0.1, 0.15) is 0 Å². The average Bonchev–Trinajstić information content (AvgIpc) is 2.84. The predicted molar refractivity (Wildman–Crippen MR) is 123 cm³/mol. The second-order valence-electron chi connectivity index (χ2n) is 7.26. The molecule has 0 spiro atoms. The second kappa shape index (κ2) is 9.87. The van der Waals surface area contributed by atoms with Crippen molar-refractivity contribution in [2.45, 2.75) is 0 Å². The molecule has 3 aromatic rings. The van der Waals surface area contributed by atoms with E-state index in [0.29, 0.717) is 11.3 Å². The largest absolute Gasteiger partial charge is 0.378 e. The fourth-order valence-electron chi connectivity index (χ4n) is 3.47. The van der Waals surface area contributed by atoms with Gasteiger partial charge in [-0.1, -0.05) is 60.7 Å². The highest BCUT2D eigenvalue weighted by molar-refractivity contribution is 6.31. The first-order valence-corrected chi connectivity index (χ1v) is 10.3. The molecule has 0 radical (unpaired) electrons. The van der Waals surface area contributed by atoms with Crippen LogP contribution >= 0.6 is 0 Å². The molecule has 31 heavy (non-hydrogen) atoms. The normalized spacial score (nSPS) is 14.2. The Bertz CT molecular complexity index is 1050. The van der Waals surface area contributed by atoms with Crippen molar-refractivity contribution in [1.82, 2.24) is 0 Å². The molecule has 0 aliphatic carbocycles. The van der Waals surface area contributed by atoms with E-state index in [0.717, 1.165) is 37.6 Å². The van der Waals surface area contributed by atoms with Gasteiger partial charge in [0.2, 0.25) is 0 Å². The summed E-state index contributed by atoms with van der Waals surface area (Å²) in [5.41, 5.74) is 3.10. The number of ketones is 1. The summed E-state index contributed by atoms with van der Waals surface area (Å²) in [5.74, 6) is -0.747. The summed E-state index contributed by atoms with van der Waals surface area (Å²) in [6, 6.07) is 25.9. The zero-order valence-corrected chi connectivity index (χ0v) is 17.2. The summed E-state index contributed by atoms with van der Waals surface area (Å²) < 4.78 is 5.41. The van der Waals surface area contributed by atoms with Gasteiger partial charge in [0.25, 0.3) is 5.91 Å². The maximum atomic E-state index is 13.1. The number of nitrogens with one attached hydrogen (secondary N) is 1. The zero-order chi connectivity index (χ0) is 21.5. The van der Waals surface area contributed by atoms with Crippen LogP contribution in [0.4, 0.5) is 11.4 Å². The highest BCUT2D eigenvalue weighted by Gasteiger charge is 2.20. The predicted octanol–water partition coefficient (Wildman–Crippen LogP) is 4.43. The van der Waals surface area contributed by atoms with Gasteiger partial charge in [0, 0.05) is 30.0 Å². The fourth-order valence-corrected chi connectivity index (χ4v) is 3.47. The van der Waals surface area contributed by atoms with Crippen molar-refractivity contribution in [2.24, 2.45) is 0 Å². The summed E-state index contributed by atoms with van der Waals surface area (Å²) >= 11 is 0. The molecule has 5 heteroatoms. The molecule has 156 valence electrons. The second-order valence-corrected chi connectivity index (χ2v) is 7.26. The lowest BCUT2D eigenvalue weighted by molar-refractivity contribution is -0.112. The molecule has 3 aromatic carbocycles. The van der Waals surface area contributed by atoms with Crippen molar-refractivity contribution < 1.29 is 14.3 Å². The van der Waals surface area contributed by atoms with Crippen molar-refractivity contribution in [3.63, 3.8) is 0 Å². The monoisotopic (exact) mass is 412 g/mol. The number of hydrogen-bond acceptors (Lipinski definition) is 4. The van der Waals surface area contributed by atoms with E-state index < -0.39 is 5.91 Å². The topological polar surface area (TPSA) is 58.6 Å². The number of anilines is 2. The van der Waals surface area contributed by atoms with Crippen LogP contribution in [0.5, 0.6) is 0 Å². The van der Waals surface area contributed by atoms with Gasteiger partial charge in [-0.2, -0.15) is 0 Å². The minimum absolute atomic E-state index is 0.0918. The number of morpholine rings is 1. The first-order chi connectivity index (χ1) is 15.2. The first-order valence-electron chi connectivity index (χ1n) is 10.3. The Morgan fingerprint density at radius 2 is 1.42 bits per heavy atom. The molecule has 0 atom stereocenters. The van der Waals surface area contributed by atoms with Crippen LogP contribution in [-0.2, 0) is 9.53 Å². The third-order valence-corrected chi connectivity index (χ3v) is 5.14. The molecule has 0 saturated carbocycles. The summed E-state index contributed by atoms with van der Waals surface area (Å²) in [4.78, 5) is 28.4. The summed E-state index contributed by atoms with van der Waals surface area (Å²) in [7, 11) is 0. The van der Waals surface area contributed by atoms with E-state index in [2.05, 4.69) is 10.2 Å². The highest BCUT2D eigenvalue weighted by Crippen LogP contribution is 2.20. The molecule has 1 saturated heterocycles. The Kier molecular flexibility index (Phi) is 6.55. The van der Waals surface area contributed by atoms with E-state index in [4.69, 9.17) is 4.74 Å². The molecule has 0 bridgehead atoms. The Morgan fingerprint density at radius 3 is 2.06 bits per heavy atom. The van der Waals surface area contributed by atoms with Crippen molar-refractivity contribution in [3.05, 3.63) is 102 Å². The Labute approximate surface area is 182 Å². The fraction of sp³-hybridized carbons (Fsp3) is 0.154. The minimum Gasteiger partial charge on any atom is -0.378 e. The lowest BCUT2D eigenvalue weighted by Gasteiger charge is -2.28. The molecule has 1 N–H and O–H groups in total. The Morgan fingerprint density at radius 1 is 0.806 bits per heavy atom. The third-order valence-electron chi connectivity index (χ3n) is 5.14. The molecule has 5 nitrogen and oxygen atoms in total. The van der Waals surface area contributed by atoms with E-state index in [1.54, 1.807) is 42.5 Å². The van der Waals surface area contributed by atoms with Crippen molar-refractivity contribution in [3.8, 4) is 0 Å². The molecule has 0 aromatic heterocycles. The standard InChI is InChI=1S/C26H24N2O3/c29-25(21-7-3-1-4-8-21)24(26(30)27-22-9-5-2-6-10-22)19-20-11-13-23(14-12-20)28-15-17-31-18-16-28/h1-14,19H,15-18H2,(H,27,30)/b24-19+. The molecule has 0 unspecified atom stereocenters. The van der Waals surface area contributed by atoms with Crippen LogP contribution < -0.4 is 10.2 Å². The number of nitrogens with zero attached hydrogens (tertiary/aromatic N) is 1. The van der Waals surface area contributed by atoms with E-state index >= 15 is 0 Å². The number of para-hydroxylation sites is 1. The number of carbonyl (C=O) groups excluding carboxylic acids is 2. The van der Waals surface area contributed by atoms with E-state index in [9.17, 15) is 9.59 Å². The lowest BCUT2D eigenvalue weighted by atomic mass is 10.00. The number of amides is 1. The average molecular weight is 412 g/mol. The van der Waals surface area contributed by atoms with Crippen molar-refractivity contribution in [2.75, 3.05) is 36.5 Å². The van der Waals surface area contributed by atoms with Crippen LogP contribution in [0.1, 0.15) is 15.9 Å². The van der Waals surface area contributed by atoms with Crippen LogP contribution in [0.25, 0.3) is 6.08 Å². The maximum Gasteiger partial charge on any atom is 0.259 e. The van der Waals surface area contributed by atoms with Crippen molar-refractivity contribution >= 4 is 29.1 Å². The van der Waals surface area contributed by atoms with Gasteiger partial charge in [0.15, 0.2) is 5.78 Å². The highest BCUT2D eigenvalue weighted by atomic mass is 16.5. The number of benzene rings is 3. The molecule has 1 fully saturated rings. The number of ether oxygens (including phenoxy) is 1. The van der Waals surface area contributed by atoms with Crippen LogP contribution in [0.3, 0.4) is 0 Å². The summed E-state index contributed by atoms with van der Waals surface area (Å²) in [5, 5.41) is 2.83. The number of rotatable bonds is 6. The maximum absolute atomic E-state index is 13.1. The molecule has 1 heterocycles. The SMILES string of the molecule is O=C(Nc1ccccc1)/C(=C/c1ccc(N2CCOCC2)cc1)C(=O)c1ccccc1. The zero-order valence-electron chi connectivity index (χ0n) is 17.2. The van der Waals surface area contributed by atoms with Gasteiger partial charge in [0.05, 0.1) is 18.8 Å². The number of hydrogen-bond donors (Lipinski definition) is 1. The van der Waals surface area contributed by atoms with E-state index in [-0.39, 0.29) is 11.4 Å². The van der Waals surface area contributed by atoms with Gasteiger partial charge >= 0.3 is 0 Å². The quantitative estimate of drug-likeness (QED) is 0.282. The van der Waals surface area contributed by atoms with Crippen LogP contribution in [0, 0.1) is 0 Å². The molecule has 1 aliphatic rings. The third kappa shape index (κ3) is 5.27. The molecule has 1 aliphatic heterocycles. The molecular weight excluding hydrogens is 388 g/mol.